The highest BCUT2D eigenvalue weighted by Crippen LogP contribution is 2.46. The molecule has 0 N–H and O–H groups in total. The molecule has 0 saturated heterocycles. The van der Waals surface area contributed by atoms with E-state index in [0.29, 0.717) is 21.4 Å². The molecule has 2 aromatic rings. The van der Waals surface area contributed by atoms with Crippen molar-refractivity contribution in [3.8, 4) is 5.75 Å². The summed E-state index contributed by atoms with van der Waals surface area (Å²) in [6, 6.07) is 10.6. The molecule has 1 amide bonds. The van der Waals surface area contributed by atoms with Crippen molar-refractivity contribution in [1.82, 2.24) is 4.90 Å². The van der Waals surface area contributed by atoms with Crippen molar-refractivity contribution in [1.29, 1.82) is 0 Å². The summed E-state index contributed by atoms with van der Waals surface area (Å²) in [7, 11) is 3.28. The minimum absolute atomic E-state index is 0.117. The molecule has 25 heavy (non-hydrogen) atoms. The van der Waals surface area contributed by atoms with Crippen LogP contribution in [0.4, 0.5) is 0 Å². The number of hydrogen-bond acceptors (Lipinski definition) is 3. The minimum Gasteiger partial charge on any atom is -0.496 e. The molecule has 0 radical (unpaired) electrons. The van der Waals surface area contributed by atoms with Crippen LogP contribution in [0.5, 0.6) is 5.75 Å². The van der Waals surface area contributed by atoms with E-state index in [9.17, 15) is 9.59 Å². The van der Waals surface area contributed by atoms with Crippen molar-refractivity contribution >= 4 is 35.4 Å². The number of carbonyl (C=O) groups excluding carboxylic acids is 2. The molecule has 0 saturated carbocycles. The lowest BCUT2D eigenvalue weighted by Crippen LogP contribution is -2.28. The molecule has 0 bridgehead atoms. The van der Waals surface area contributed by atoms with E-state index < -0.39 is 0 Å². The molecule has 130 valence electrons. The topological polar surface area (TPSA) is 46.6 Å². The van der Waals surface area contributed by atoms with Gasteiger partial charge in [0, 0.05) is 19.4 Å². The number of aldehydes is 1. The molecule has 4 nitrogen and oxygen atoms in total. The van der Waals surface area contributed by atoms with Crippen molar-refractivity contribution in [2.45, 2.75) is 18.4 Å². The van der Waals surface area contributed by atoms with E-state index in [4.69, 9.17) is 27.9 Å². The zero-order valence-corrected chi connectivity index (χ0v) is 15.3. The van der Waals surface area contributed by atoms with Crippen LogP contribution in [-0.4, -0.2) is 31.3 Å². The molecule has 2 unspecified atom stereocenters. The second-order valence-electron chi connectivity index (χ2n) is 5.97. The highest BCUT2D eigenvalue weighted by molar-refractivity contribution is 6.42. The van der Waals surface area contributed by atoms with Crippen molar-refractivity contribution in [3.63, 3.8) is 0 Å². The van der Waals surface area contributed by atoms with E-state index in [1.165, 1.54) is 7.11 Å². The number of halogens is 2. The minimum atomic E-state index is -0.278. The molecule has 0 aromatic heterocycles. The van der Waals surface area contributed by atoms with Gasteiger partial charge in [-0.3, -0.25) is 4.79 Å². The summed E-state index contributed by atoms with van der Waals surface area (Å²) in [4.78, 5) is 25.7. The van der Waals surface area contributed by atoms with Crippen molar-refractivity contribution in [3.05, 3.63) is 63.1 Å². The third kappa shape index (κ3) is 3.00. The summed E-state index contributed by atoms with van der Waals surface area (Å²) in [5, 5.41) is 0.876. The SMILES string of the molecule is COc1cccc2c1C(=O)N(C)C2C(CC=O)c1ccc(Cl)c(Cl)c1. The van der Waals surface area contributed by atoms with Gasteiger partial charge in [-0.15, -0.1) is 0 Å². The number of carbonyl (C=O) groups is 2. The molecule has 2 atom stereocenters. The molecular formula is C19H17Cl2NO3. The molecule has 1 heterocycles. The third-order valence-electron chi connectivity index (χ3n) is 4.65. The van der Waals surface area contributed by atoms with Gasteiger partial charge < -0.3 is 14.4 Å². The van der Waals surface area contributed by atoms with Crippen LogP contribution in [0.25, 0.3) is 0 Å². The second-order valence-corrected chi connectivity index (χ2v) is 6.78. The van der Waals surface area contributed by atoms with Gasteiger partial charge in [-0.05, 0) is 29.3 Å². The Morgan fingerprint density at radius 3 is 2.64 bits per heavy atom. The van der Waals surface area contributed by atoms with Crippen molar-refractivity contribution < 1.29 is 14.3 Å². The van der Waals surface area contributed by atoms with Crippen LogP contribution in [0, 0.1) is 0 Å². The summed E-state index contributed by atoms with van der Waals surface area (Å²) in [5.41, 5.74) is 2.26. The molecule has 0 spiro atoms. The quantitative estimate of drug-likeness (QED) is 0.720. The van der Waals surface area contributed by atoms with Crippen LogP contribution in [-0.2, 0) is 4.79 Å². The lowest BCUT2D eigenvalue weighted by molar-refractivity contribution is -0.108. The van der Waals surface area contributed by atoms with Gasteiger partial charge in [0.1, 0.15) is 12.0 Å². The lowest BCUT2D eigenvalue weighted by Gasteiger charge is -2.29. The molecule has 6 heteroatoms. The Kier molecular flexibility index (Phi) is 5.02. The predicted molar refractivity (Wildman–Crippen MR) is 97.7 cm³/mol. The first-order chi connectivity index (χ1) is 12.0. The number of nitrogens with zero attached hydrogens (tertiary/aromatic N) is 1. The molecule has 1 aliphatic rings. The lowest BCUT2D eigenvalue weighted by atomic mass is 9.85. The van der Waals surface area contributed by atoms with Gasteiger partial charge in [0.05, 0.1) is 28.8 Å². The van der Waals surface area contributed by atoms with Crippen molar-refractivity contribution in [2.75, 3.05) is 14.2 Å². The number of benzene rings is 2. The van der Waals surface area contributed by atoms with E-state index in [0.717, 1.165) is 17.4 Å². The summed E-state index contributed by atoms with van der Waals surface area (Å²) in [6.07, 6.45) is 1.13. The maximum Gasteiger partial charge on any atom is 0.258 e. The number of likely N-dealkylation sites (N-methyl/N-ethyl adjacent to an activating group) is 1. The van der Waals surface area contributed by atoms with Crippen LogP contribution in [0.15, 0.2) is 36.4 Å². The Hall–Kier alpha value is -2.04. The van der Waals surface area contributed by atoms with Crippen LogP contribution >= 0.6 is 23.2 Å². The zero-order valence-electron chi connectivity index (χ0n) is 13.8. The Labute approximate surface area is 156 Å². The van der Waals surface area contributed by atoms with Gasteiger partial charge in [0.15, 0.2) is 0 Å². The summed E-state index contributed by atoms with van der Waals surface area (Å²) in [5.74, 6) is 0.193. The summed E-state index contributed by atoms with van der Waals surface area (Å²) < 4.78 is 5.35. The molecule has 0 fully saturated rings. The standard InChI is InChI=1S/C19H17Cl2NO3/c1-22-18(13-4-3-5-16(25-2)17(13)19(22)24)12(8-9-23)11-6-7-14(20)15(21)10-11/h3-7,9-10,12,18H,8H2,1-2H3. The second kappa shape index (κ2) is 7.06. The van der Waals surface area contributed by atoms with E-state index in [1.807, 2.05) is 18.2 Å². The van der Waals surface area contributed by atoms with E-state index in [2.05, 4.69) is 0 Å². The summed E-state index contributed by atoms with van der Waals surface area (Å²) >= 11 is 12.2. The van der Waals surface area contributed by atoms with E-state index >= 15 is 0 Å². The fourth-order valence-electron chi connectivity index (χ4n) is 3.49. The Morgan fingerprint density at radius 1 is 1.24 bits per heavy atom. The first kappa shape index (κ1) is 17.8. The van der Waals surface area contributed by atoms with Gasteiger partial charge in [0.25, 0.3) is 5.91 Å². The fraction of sp³-hybridized carbons (Fsp3) is 0.263. The number of hydrogen-bond donors (Lipinski definition) is 0. The van der Waals surface area contributed by atoms with Crippen LogP contribution in [0.3, 0.4) is 0 Å². The van der Waals surface area contributed by atoms with Gasteiger partial charge in [-0.25, -0.2) is 0 Å². The first-order valence-electron chi connectivity index (χ1n) is 7.82. The molecule has 2 aromatic carbocycles. The first-order valence-corrected chi connectivity index (χ1v) is 8.57. The average molecular weight is 378 g/mol. The van der Waals surface area contributed by atoms with Gasteiger partial charge in [-0.2, -0.15) is 0 Å². The predicted octanol–water partition coefficient (Wildman–Crippen LogP) is 4.50. The highest BCUT2D eigenvalue weighted by Gasteiger charge is 2.41. The molecule has 3 rings (SSSR count). The number of rotatable bonds is 5. The van der Waals surface area contributed by atoms with Crippen LogP contribution in [0.1, 0.15) is 39.9 Å². The molecule has 0 aliphatic carbocycles. The Bertz CT molecular complexity index is 837. The monoisotopic (exact) mass is 377 g/mol. The van der Waals surface area contributed by atoms with Crippen LogP contribution < -0.4 is 4.74 Å². The van der Waals surface area contributed by atoms with Crippen LogP contribution in [0.2, 0.25) is 10.0 Å². The number of fused-ring (bicyclic) bond motifs is 1. The van der Waals surface area contributed by atoms with E-state index in [-0.39, 0.29) is 24.3 Å². The average Bonchev–Trinajstić information content (AvgIpc) is 2.87. The largest absolute Gasteiger partial charge is 0.496 e. The number of amides is 1. The third-order valence-corrected chi connectivity index (χ3v) is 5.39. The van der Waals surface area contributed by atoms with Gasteiger partial charge >= 0.3 is 0 Å². The maximum atomic E-state index is 12.8. The Balaban J connectivity index is 2.13. The zero-order chi connectivity index (χ0) is 18.1. The van der Waals surface area contributed by atoms with E-state index in [1.54, 1.807) is 30.1 Å². The van der Waals surface area contributed by atoms with Crippen molar-refractivity contribution in [2.24, 2.45) is 0 Å². The highest BCUT2D eigenvalue weighted by atomic mass is 35.5. The van der Waals surface area contributed by atoms with Gasteiger partial charge in [0.2, 0.25) is 0 Å². The summed E-state index contributed by atoms with van der Waals surface area (Å²) in [6.45, 7) is 0. The smallest absolute Gasteiger partial charge is 0.258 e. The fourth-order valence-corrected chi connectivity index (χ4v) is 3.79. The molecule has 1 aliphatic heterocycles. The number of methoxy groups -OCH3 is 1. The maximum absolute atomic E-state index is 12.8. The molecular weight excluding hydrogens is 361 g/mol. The number of ether oxygens (including phenoxy) is 1. The van der Waals surface area contributed by atoms with Gasteiger partial charge in [-0.1, -0.05) is 41.4 Å². The Morgan fingerprint density at radius 2 is 2.00 bits per heavy atom. The normalized spacial score (nSPS) is 17.4.